The minimum atomic E-state index is 0.413. The predicted molar refractivity (Wildman–Crippen MR) is 58.4 cm³/mol. The molecule has 3 fully saturated rings. The monoisotopic (exact) mass is 208 g/mol. The van der Waals surface area contributed by atoms with Crippen LogP contribution in [0.2, 0.25) is 0 Å². The van der Waals surface area contributed by atoms with E-state index in [0.29, 0.717) is 17.9 Å². The molecule has 2 aliphatic heterocycles. The molecule has 2 saturated heterocycles. The first kappa shape index (κ1) is 9.64. The molecule has 3 aliphatic rings. The number of nitrogens with one attached hydrogen (secondary N) is 1. The highest BCUT2D eigenvalue weighted by Crippen LogP contribution is 2.31. The molecule has 1 amide bonds. The van der Waals surface area contributed by atoms with Crippen LogP contribution in [0.1, 0.15) is 32.1 Å². The van der Waals surface area contributed by atoms with Gasteiger partial charge in [-0.15, -0.1) is 0 Å². The van der Waals surface area contributed by atoms with Gasteiger partial charge < -0.3 is 10.2 Å². The lowest BCUT2D eigenvalue weighted by molar-refractivity contribution is -0.132. The van der Waals surface area contributed by atoms with E-state index in [0.717, 1.165) is 32.0 Å². The largest absolute Gasteiger partial charge is 0.341 e. The average Bonchev–Trinajstić information content (AvgIpc) is 2.69. The fraction of sp³-hybridized carbons (Fsp3) is 0.917. The van der Waals surface area contributed by atoms with Gasteiger partial charge in [-0.2, -0.15) is 0 Å². The fourth-order valence-electron chi connectivity index (χ4n) is 3.13. The summed E-state index contributed by atoms with van der Waals surface area (Å²) in [4.78, 5) is 14.1. The molecule has 15 heavy (non-hydrogen) atoms. The SMILES string of the molecule is O=C(CC1CCC1)N1C[C@@H]2CCN[C@@H]2C1. The summed E-state index contributed by atoms with van der Waals surface area (Å²) in [7, 11) is 0. The summed E-state index contributed by atoms with van der Waals surface area (Å²) in [6.07, 6.45) is 5.98. The van der Waals surface area contributed by atoms with Crippen molar-refractivity contribution in [1.29, 1.82) is 0 Å². The van der Waals surface area contributed by atoms with E-state index in [1.165, 1.54) is 25.7 Å². The van der Waals surface area contributed by atoms with Crippen LogP contribution in [0.3, 0.4) is 0 Å². The maximum atomic E-state index is 12.0. The van der Waals surface area contributed by atoms with Gasteiger partial charge in [0.05, 0.1) is 0 Å². The van der Waals surface area contributed by atoms with Crippen LogP contribution in [0, 0.1) is 11.8 Å². The van der Waals surface area contributed by atoms with Crippen LogP contribution >= 0.6 is 0 Å². The van der Waals surface area contributed by atoms with Gasteiger partial charge in [-0.1, -0.05) is 6.42 Å². The molecule has 0 unspecified atom stereocenters. The maximum absolute atomic E-state index is 12.0. The molecule has 0 radical (unpaired) electrons. The summed E-state index contributed by atoms with van der Waals surface area (Å²) in [6, 6.07) is 0.607. The third-order valence-corrected chi connectivity index (χ3v) is 4.40. The van der Waals surface area contributed by atoms with E-state index in [-0.39, 0.29) is 0 Å². The molecule has 0 bridgehead atoms. The minimum Gasteiger partial charge on any atom is -0.341 e. The van der Waals surface area contributed by atoms with Crippen molar-refractivity contribution in [3.63, 3.8) is 0 Å². The van der Waals surface area contributed by atoms with Crippen molar-refractivity contribution in [3.05, 3.63) is 0 Å². The molecule has 0 aromatic rings. The van der Waals surface area contributed by atoms with Gasteiger partial charge in [0.2, 0.25) is 5.91 Å². The highest BCUT2D eigenvalue weighted by Gasteiger charge is 2.38. The zero-order valence-corrected chi connectivity index (χ0v) is 9.24. The van der Waals surface area contributed by atoms with E-state index in [2.05, 4.69) is 10.2 Å². The van der Waals surface area contributed by atoms with Crippen LogP contribution in [0.4, 0.5) is 0 Å². The normalized spacial score (nSPS) is 35.3. The van der Waals surface area contributed by atoms with Gasteiger partial charge >= 0.3 is 0 Å². The van der Waals surface area contributed by atoms with Crippen LogP contribution in [-0.2, 0) is 4.79 Å². The molecular weight excluding hydrogens is 188 g/mol. The molecule has 1 saturated carbocycles. The summed E-state index contributed by atoms with van der Waals surface area (Å²) in [5.41, 5.74) is 0. The number of carbonyl (C=O) groups excluding carboxylic acids is 1. The molecule has 2 atom stereocenters. The lowest BCUT2D eigenvalue weighted by Gasteiger charge is -2.27. The van der Waals surface area contributed by atoms with Crippen LogP contribution in [0.5, 0.6) is 0 Å². The number of amides is 1. The first-order valence-corrected chi connectivity index (χ1v) is 6.34. The van der Waals surface area contributed by atoms with Crippen LogP contribution in [0.15, 0.2) is 0 Å². The molecule has 0 aromatic heterocycles. The van der Waals surface area contributed by atoms with Crippen molar-refractivity contribution >= 4 is 5.91 Å². The Balaban J connectivity index is 1.52. The lowest BCUT2D eigenvalue weighted by Crippen LogP contribution is -2.35. The molecule has 3 heteroatoms. The zero-order valence-electron chi connectivity index (χ0n) is 9.24. The molecule has 1 aliphatic carbocycles. The van der Waals surface area contributed by atoms with Crippen molar-refractivity contribution in [3.8, 4) is 0 Å². The van der Waals surface area contributed by atoms with Gasteiger partial charge in [-0.3, -0.25) is 4.79 Å². The Bertz CT molecular complexity index is 250. The first-order valence-electron chi connectivity index (χ1n) is 6.34. The number of nitrogens with zero attached hydrogens (tertiary/aromatic N) is 1. The highest BCUT2D eigenvalue weighted by molar-refractivity contribution is 5.77. The number of fused-ring (bicyclic) bond motifs is 1. The van der Waals surface area contributed by atoms with E-state index < -0.39 is 0 Å². The smallest absolute Gasteiger partial charge is 0.222 e. The van der Waals surface area contributed by atoms with Gasteiger partial charge in [-0.25, -0.2) is 0 Å². The topological polar surface area (TPSA) is 32.3 Å². The standard InChI is InChI=1S/C12H20N2O/c15-12(6-9-2-1-3-9)14-7-10-4-5-13-11(10)8-14/h9-11,13H,1-8H2/t10-,11+/m0/s1. The predicted octanol–water partition coefficient (Wildman–Crippen LogP) is 0.997. The third-order valence-electron chi connectivity index (χ3n) is 4.40. The Morgan fingerprint density at radius 1 is 1.27 bits per heavy atom. The lowest BCUT2D eigenvalue weighted by atomic mass is 9.83. The molecule has 1 N–H and O–H groups in total. The van der Waals surface area contributed by atoms with Crippen LogP contribution in [0.25, 0.3) is 0 Å². The van der Waals surface area contributed by atoms with Gasteiger partial charge in [0.15, 0.2) is 0 Å². The summed E-state index contributed by atoms with van der Waals surface area (Å²) in [6.45, 7) is 3.14. The summed E-state index contributed by atoms with van der Waals surface area (Å²) >= 11 is 0. The van der Waals surface area contributed by atoms with E-state index in [4.69, 9.17) is 0 Å². The van der Waals surface area contributed by atoms with Gasteiger partial charge in [-0.05, 0) is 37.6 Å². The van der Waals surface area contributed by atoms with Crippen molar-refractivity contribution in [2.45, 2.75) is 38.1 Å². The molecule has 0 aromatic carbocycles. The van der Waals surface area contributed by atoms with Gasteiger partial charge in [0.25, 0.3) is 0 Å². The number of hydrogen-bond donors (Lipinski definition) is 1. The Hall–Kier alpha value is -0.570. The highest BCUT2D eigenvalue weighted by atomic mass is 16.2. The second-order valence-electron chi connectivity index (χ2n) is 5.41. The fourth-order valence-corrected chi connectivity index (χ4v) is 3.13. The Labute approximate surface area is 91.2 Å². The van der Waals surface area contributed by atoms with Crippen LogP contribution < -0.4 is 5.32 Å². The number of rotatable bonds is 2. The quantitative estimate of drug-likeness (QED) is 0.734. The molecule has 84 valence electrons. The van der Waals surface area contributed by atoms with E-state index in [1.54, 1.807) is 0 Å². The van der Waals surface area contributed by atoms with E-state index in [9.17, 15) is 4.79 Å². The summed E-state index contributed by atoms with van der Waals surface area (Å²) < 4.78 is 0. The molecule has 0 spiro atoms. The Morgan fingerprint density at radius 3 is 2.80 bits per heavy atom. The van der Waals surface area contributed by atoms with E-state index in [1.807, 2.05) is 0 Å². The number of carbonyl (C=O) groups is 1. The second kappa shape index (κ2) is 3.78. The van der Waals surface area contributed by atoms with Crippen molar-refractivity contribution in [2.75, 3.05) is 19.6 Å². The molecule has 2 heterocycles. The van der Waals surface area contributed by atoms with Crippen LogP contribution in [-0.4, -0.2) is 36.5 Å². The summed E-state index contributed by atoms with van der Waals surface area (Å²) in [5.74, 6) is 1.87. The minimum absolute atomic E-state index is 0.413. The summed E-state index contributed by atoms with van der Waals surface area (Å²) in [5, 5.41) is 3.49. The van der Waals surface area contributed by atoms with Crippen molar-refractivity contribution in [2.24, 2.45) is 11.8 Å². The Kier molecular flexibility index (Phi) is 2.43. The Morgan fingerprint density at radius 2 is 2.13 bits per heavy atom. The average molecular weight is 208 g/mol. The molecule has 3 nitrogen and oxygen atoms in total. The third kappa shape index (κ3) is 1.78. The maximum Gasteiger partial charge on any atom is 0.222 e. The van der Waals surface area contributed by atoms with Gasteiger partial charge in [0, 0.05) is 25.6 Å². The second-order valence-corrected chi connectivity index (χ2v) is 5.41. The van der Waals surface area contributed by atoms with E-state index >= 15 is 0 Å². The molecule has 3 rings (SSSR count). The van der Waals surface area contributed by atoms with Gasteiger partial charge in [0.1, 0.15) is 0 Å². The number of likely N-dealkylation sites (tertiary alicyclic amines) is 1. The van der Waals surface area contributed by atoms with Crippen molar-refractivity contribution < 1.29 is 4.79 Å². The van der Waals surface area contributed by atoms with Crippen molar-refractivity contribution in [1.82, 2.24) is 10.2 Å². The number of hydrogen-bond acceptors (Lipinski definition) is 2. The molecular formula is C12H20N2O. The first-order chi connectivity index (χ1) is 7.33. The zero-order chi connectivity index (χ0) is 10.3.